The smallest absolute Gasteiger partial charge is 0.226 e. The van der Waals surface area contributed by atoms with Crippen LogP contribution in [0, 0.1) is 11.7 Å². The molecule has 0 radical (unpaired) electrons. The monoisotopic (exact) mass is 316 g/mol. The van der Waals surface area contributed by atoms with E-state index < -0.39 is 0 Å². The maximum Gasteiger partial charge on any atom is 0.226 e. The second kappa shape index (κ2) is 5.90. The first-order chi connectivity index (χ1) is 11.2. The van der Waals surface area contributed by atoms with Crippen molar-refractivity contribution in [3.8, 4) is 0 Å². The number of nitrogens with zero attached hydrogens (tertiary/aromatic N) is 2. The Morgan fingerprint density at radius 2 is 1.87 bits per heavy atom. The number of carbonyl (C=O) groups excluding carboxylic acids is 1. The SMILES string of the molecule is CN1CCC[C@@H]1[C@@H]1CCCN1C(=O)[C@@H]1C[C@@H]1c1ccccc1F. The maximum absolute atomic E-state index is 13.9. The van der Waals surface area contributed by atoms with Crippen LogP contribution in [0.15, 0.2) is 24.3 Å². The number of likely N-dealkylation sites (N-methyl/N-ethyl adjacent to an activating group) is 1. The number of halogens is 1. The summed E-state index contributed by atoms with van der Waals surface area (Å²) in [6, 6.07) is 7.80. The molecule has 4 rings (SSSR count). The number of hydrogen-bond donors (Lipinski definition) is 0. The Morgan fingerprint density at radius 1 is 1.13 bits per heavy atom. The van der Waals surface area contributed by atoms with Crippen LogP contribution in [-0.4, -0.2) is 47.9 Å². The summed E-state index contributed by atoms with van der Waals surface area (Å²) in [5.74, 6) is 0.188. The minimum atomic E-state index is -0.165. The maximum atomic E-state index is 13.9. The third kappa shape index (κ3) is 2.67. The van der Waals surface area contributed by atoms with Crippen molar-refractivity contribution >= 4 is 5.91 Å². The Hall–Kier alpha value is -1.42. The molecule has 3 aliphatic rings. The number of benzene rings is 1. The van der Waals surface area contributed by atoms with Crippen molar-refractivity contribution in [2.45, 2.75) is 50.1 Å². The van der Waals surface area contributed by atoms with Crippen LogP contribution in [0.2, 0.25) is 0 Å². The van der Waals surface area contributed by atoms with Crippen LogP contribution in [0.25, 0.3) is 0 Å². The van der Waals surface area contributed by atoms with Gasteiger partial charge in [0.15, 0.2) is 0 Å². The summed E-state index contributed by atoms with van der Waals surface area (Å²) in [6.45, 7) is 2.03. The Labute approximate surface area is 137 Å². The first-order valence-electron chi connectivity index (χ1n) is 8.92. The van der Waals surface area contributed by atoms with Gasteiger partial charge in [0.1, 0.15) is 5.82 Å². The number of likely N-dealkylation sites (tertiary alicyclic amines) is 2. The molecule has 1 aliphatic carbocycles. The Balaban J connectivity index is 1.46. The zero-order valence-corrected chi connectivity index (χ0v) is 13.7. The van der Waals surface area contributed by atoms with Crippen LogP contribution in [0.5, 0.6) is 0 Å². The van der Waals surface area contributed by atoms with Gasteiger partial charge in [-0.05, 0) is 63.2 Å². The fourth-order valence-electron chi connectivity index (χ4n) is 4.69. The summed E-state index contributed by atoms with van der Waals surface area (Å²) < 4.78 is 13.9. The van der Waals surface area contributed by atoms with Gasteiger partial charge in [0, 0.05) is 24.5 Å². The quantitative estimate of drug-likeness (QED) is 0.856. The Morgan fingerprint density at radius 3 is 2.61 bits per heavy atom. The molecule has 3 nitrogen and oxygen atoms in total. The molecule has 23 heavy (non-hydrogen) atoms. The summed E-state index contributed by atoms with van der Waals surface area (Å²) in [6.07, 6.45) is 5.48. The topological polar surface area (TPSA) is 23.6 Å². The lowest BCUT2D eigenvalue weighted by Gasteiger charge is -2.33. The molecule has 0 bridgehead atoms. The number of hydrogen-bond acceptors (Lipinski definition) is 2. The van der Waals surface area contributed by atoms with Gasteiger partial charge in [0.2, 0.25) is 5.91 Å². The predicted octanol–water partition coefficient (Wildman–Crippen LogP) is 3.01. The first kappa shape index (κ1) is 15.1. The van der Waals surface area contributed by atoms with Crippen LogP contribution < -0.4 is 0 Å². The molecule has 124 valence electrons. The highest BCUT2D eigenvalue weighted by Crippen LogP contribution is 2.50. The molecule has 0 N–H and O–H groups in total. The number of amides is 1. The van der Waals surface area contributed by atoms with E-state index in [0.29, 0.717) is 12.1 Å². The standard InChI is InChI=1S/C19H25FN2O/c1-21-10-4-8-17(21)18-9-5-11-22(18)19(23)15-12-14(15)13-6-2-3-7-16(13)20/h2-3,6-7,14-15,17-18H,4-5,8-12H2,1H3/t14-,15-,17-,18+/m1/s1. The summed E-state index contributed by atoms with van der Waals surface area (Å²) in [4.78, 5) is 17.5. The van der Waals surface area contributed by atoms with Crippen molar-refractivity contribution in [3.05, 3.63) is 35.6 Å². The highest BCUT2D eigenvalue weighted by atomic mass is 19.1. The zero-order chi connectivity index (χ0) is 16.0. The lowest BCUT2D eigenvalue weighted by molar-refractivity contribution is -0.134. The largest absolute Gasteiger partial charge is 0.338 e. The number of carbonyl (C=O) groups is 1. The van der Waals surface area contributed by atoms with E-state index >= 15 is 0 Å². The van der Waals surface area contributed by atoms with Crippen LogP contribution in [-0.2, 0) is 4.79 Å². The lowest BCUT2D eigenvalue weighted by atomic mass is 10.0. The van der Waals surface area contributed by atoms with E-state index in [-0.39, 0.29) is 23.6 Å². The molecule has 2 saturated heterocycles. The van der Waals surface area contributed by atoms with E-state index in [2.05, 4.69) is 16.8 Å². The molecule has 2 aliphatic heterocycles. The third-order valence-electron chi connectivity index (χ3n) is 6.02. The van der Waals surface area contributed by atoms with Crippen LogP contribution in [0.3, 0.4) is 0 Å². The average Bonchev–Trinajstić information content (AvgIpc) is 2.97. The average molecular weight is 316 g/mol. The van der Waals surface area contributed by atoms with E-state index in [1.54, 1.807) is 6.07 Å². The van der Waals surface area contributed by atoms with E-state index in [1.165, 1.54) is 18.9 Å². The second-order valence-electron chi connectivity index (χ2n) is 7.40. The van der Waals surface area contributed by atoms with Gasteiger partial charge >= 0.3 is 0 Å². The van der Waals surface area contributed by atoms with Crippen LogP contribution in [0.4, 0.5) is 4.39 Å². The molecule has 4 atom stereocenters. The lowest BCUT2D eigenvalue weighted by Crippen LogP contribution is -2.47. The van der Waals surface area contributed by atoms with Gasteiger partial charge in [0.25, 0.3) is 0 Å². The Bertz CT molecular complexity index is 605. The second-order valence-corrected chi connectivity index (χ2v) is 7.40. The zero-order valence-electron chi connectivity index (χ0n) is 13.7. The van der Waals surface area contributed by atoms with Gasteiger partial charge in [-0.1, -0.05) is 18.2 Å². The molecule has 1 aromatic rings. The Kier molecular flexibility index (Phi) is 3.88. The minimum absolute atomic E-state index is 0.000732. The van der Waals surface area contributed by atoms with Gasteiger partial charge in [-0.3, -0.25) is 4.79 Å². The van der Waals surface area contributed by atoms with E-state index in [0.717, 1.165) is 37.9 Å². The fraction of sp³-hybridized carbons (Fsp3) is 0.632. The fourth-order valence-corrected chi connectivity index (χ4v) is 4.69. The first-order valence-corrected chi connectivity index (χ1v) is 8.92. The molecule has 0 spiro atoms. The van der Waals surface area contributed by atoms with Gasteiger partial charge in [-0.25, -0.2) is 4.39 Å². The summed E-state index contributed by atoms with van der Waals surface area (Å²) >= 11 is 0. The molecule has 1 saturated carbocycles. The molecular formula is C19H25FN2O. The molecule has 1 aromatic carbocycles. The van der Waals surface area contributed by atoms with E-state index in [4.69, 9.17) is 0 Å². The molecule has 4 heteroatoms. The molecular weight excluding hydrogens is 291 g/mol. The van der Waals surface area contributed by atoms with Crippen LogP contribution in [0.1, 0.15) is 43.6 Å². The van der Waals surface area contributed by atoms with Crippen molar-refractivity contribution in [2.75, 3.05) is 20.1 Å². The summed E-state index contributed by atoms with van der Waals surface area (Å²) in [5, 5.41) is 0. The summed E-state index contributed by atoms with van der Waals surface area (Å²) in [7, 11) is 2.18. The molecule has 2 heterocycles. The summed E-state index contributed by atoms with van der Waals surface area (Å²) in [5.41, 5.74) is 0.722. The highest BCUT2D eigenvalue weighted by Gasteiger charge is 2.49. The van der Waals surface area contributed by atoms with Crippen molar-refractivity contribution in [1.82, 2.24) is 9.80 Å². The highest BCUT2D eigenvalue weighted by molar-refractivity contribution is 5.83. The van der Waals surface area contributed by atoms with Crippen molar-refractivity contribution in [3.63, 3.8) is 0 Å². The molecule has 0 aromatic heterocycles. The van der Waals surface area contributed by atoms with Gasteiger partial charge in [-0.15, -0.1) is 0 Å². The van der Waals surface area contributed by atoms with Crippen LogP contribution >= 0.6 is 0 Å². The van der Waals surface area contributed by atoms with Gasteiger partial charge < -0.3 is 9.80 Å². The van der Waals surface area contributed by atoms with E-state index in [1.807, 2.05) is 12.1 Å². The van der Waals surface area contributed by atoms with Crippen molar-refractivity contribution < 1.29 is 9.18 Å². The molecule has 1 amide bonds. The van der Waals surface area contributed by atoms with Crippen molar-refractivity contribution in [2.24, 2.45) is 5.92 Å². The number of rotatable bonds is 3. The normalized spacial score (nSPS) is 34.1. The van der Waals surface area contributed by atoms with Gasteiger partial charge in [-0.2, -0.15) is 0 Å². The predicted molar refractivity (Wildman–Crippen MR) is 87.6 cm³/mol. The minimum Gasteiger partial charge on any atom is -0.338 e. The van der Waals surface area contributed by atoms with Gasteiger partial charge in [0.05, 0.1) is 0 Å². The van der Waals surface area contributed by atoms with E-state index in [9.17, 15) is 9.18 Å². The molecule has 3 fully saturated rings. The molecule has 0 unspecified atom stereocenters. The third-order valence-corrected chi connectivity index (χ3v) is 6.02. The van der Waals surface area contributed by atoms with Crippen molar-refractivity contribution in [1.29, 1.82) is 0 Å².